The van der Waals surface area contributed by atoms with E-state index in [1.165, 1.54) is 0 Å². The number of likely N-dealkylation sites (tertiary alicyclic amines) is 1. The van der Waals surface area contributed by atoms with Gasteiger partial charge in [-0.05, 0) is 36.6 Å². The molecule has 0 N–H and O–H groups in total. The molecule has 7 nitrogen and oxygen atoms in total. The number of amides is 2. The molecule has 0 spiro atoms. The normalized spacial score (nSPS) is 14.8. The van der Waals surface area contributed by atoms with E-state index in [0.717, 1.165) is 35.7 Å². The maximum absolute atomic E-state index is 13.1. The average Bonchev–Trinajstić information content (AvgIpc) is 3.12. The van der Waals surface area contributed by atoms with Gasteiger partial charge in [-0.2, -0.15) is 5.10 Å². The topological polar surface area (TPSA) is 71.3 Å². The summed E-state index contributed by atoms with van der Waals surface area (Å²) in [5.74, 6) is 0.373. The minimum absolute atomic E-state index is 0.00781. The van der Waals surface area contributed by atoms with Crippen LogP contribution in [-0.4, -0.2) is 63.6 Å². The molecule has 2 aromatic heterocycles. The van der Waals surface area contributed by atoms with Crippen molar-refractivity contribution in [3.8, 4) is 0 Å². The molecule has 1 saturated heterocycles. The molecule has 3 heterocycles. The number of hydrogen-bond acceptors (Lipinski definition) is 4. The van der Waals surface area contributed by atoms with E-state index < -0.39 is 0 Å². The van der Waals surface area contributed by atoms with Gasteiger partial charge in [0.05, 0.1) is 11.3 Å². The van der Waals surface area contributed by atoms with Crippen LogP contribution < -0.4 is 0 Å². The third-order valence-corrected chi connectivity index (χ3v) is 5.80. The number of carbonyl (C=O) groups excluding carboxylic acids is 2. The first-order valence-corrected chi connectivity index (χ1v) is 10.3. The average molecular weight is 406 g/mol. The lowest BCUT2D eigenvalue weighted by atomic mass is 9.91. The van der Waals surface area contributed by atoms with Crippen molar-refractivity contribution in [3.63, 3.8) is 0 Å². The summed E-state index contributed by atoms with van der Waals surface area (Å²) >= 11 is 0. The molecule has 0 atom stereocenters. The van der Waals surface area contributed by atoms with Gasteiger partial charge in [-0.1, -0.05) is 24.3 Å². The first-order valence-electron chi connectivity index (χ1n) is 10.3. The summed E-state index contributed by atoms with van der Waals surface area (Å²) in [7, 11) is 5.35. The second-order valence-electron chi connectivity index (χ2n) is 8.18. The molecule has 156 valence electrons. The van der Waals surface area contributed by atoms with Crippen molar-refractivity contribution >= 4 is 22.6 Å². The Morgan fingerprint density at radius 3 is 2.60 bits per heavy atom. The van der Waals surface area contributed by atoms with Crippen LogP contribution in [-0.2, 0) is 13.5 Å². The van der Waals surface area contributed by atoms with Crippen LogP contribution in [0.3, 0.4) is 0 Å². The van der Waals surface area contributed by atoms with Crippen molar-refractivity contribution < 1.29 is 9.59 Å². The van der Waals surface area contributed by atoms with Gasteiger partial charge < -0.3 is 9.80 Å². The minimum Gasteiger partial charge on any atom is -0.345 e. The van der Waals surface area contributed by atoms with E-state index >= 15 is 0 Å². The van der Waals surface area contributed by atoms with Crippen LogP contribution >= 0.6 is 0 Å². The van der Waals surface area contributed by atoms with Crippen LogP contribution in [0, 0.1) is 5.92 Å². The zero-order valence-electron chi connectivity index (χ0n) is 17.7. The van der Waals surface area contributed by atoms with Gasteiger partial charge in [0.25, 0.3) is 11.8 Å². The highest BCUT2D eigenvalue weighted by Crippen LogP contribution is 2.25. The predicted octanol–water partition coefficient (Wildman–Crippen LogP) is 2.77. The van der Waals surface area contributed by atoms with Gasteiger partial charge in [0.15, 0.2) is 0 Å². The summed E-state index contributed by atoms with van der Waals surface area (Å²) in [5, 5.41) is 6.45. The fourth-order valence-electron chi connectivity index (χ4n) is 4.16. The molecule has 1 fully saturated rings. The van der Waals surface area contributed by atoms with Crippen LogP contribution in [0.1, 0.15) is 39.4 Å². The van der Waals surface area contributed by atoms with Gasteiger partial charge in [0.2, 0.25) is 0 Å². The number of aryl methyl sites for hydroxylation is 1. The summed E-state index contributed by atoms with van der Waals surface area (Å²) in [5.41, 5.74) is 2.03. The summed E-state index contributed by atoms with van der Waals surface area (Å²) in [4.78, 5) is 33.4. The van der Waals surface area contributed by atoms with Crippen molar-refractivity contribution in [2.75, 3.05) is 27.2 Å². The van der Waals surface area contributed by atoms with Crippen molar-refractivity contribution in [3.05, 3.63) is 59.7 Å². The van der Waals surface area contributed by atoms with E-state index in [1.54, 1.807) is 36.1 Å². The highest BCUT2D eigenvalue weighted by Gasteiger charge is 2.27. The number of benzene rings is 1. The maximum Gasteiger partial charge on any atom is 0.273 e. The second kappa shape index (κ2) is 8.26. The number of hydrogen-bond donors (Lipinski definition) is 0. The van der Waals surface area contributed by atoms with E-state index in [-0.39, 0.29) is 11.8 Å². The Bertz CT molecular complexity index is 1070. The van der Waals surface area contributed by atoms with E-state index in [2.05, 4.69) is 10.1 Å². The molecule has 0 bridgehead atoms. The van der Waals surface area contributed by atoms with E-state index in [9.17, 15) is 9.59 Å². The lowest BCUT2D eigenvalue weighted by molar-refractivity contribution is 0.0686. The third-order valence-electron chi connectivity index (χ3n) is 5.80. The number of pyridine rings is 1. The van der Waals surface area contributed by atoms with Gasteiger partial charge in [0, 0.05) is 52.0 Å². The molecule has 7 heteroatoms. The minimum atomic E-state index is -0.0206. The van der Waals surface area contributed by atoms with E-state index in [1.807, 2.05) is 42.3 Å². The number of fused-ring (bicyclic) bond motifs is 1. The Hall–Kier alpha value is -3.22. The number of nitrogens with zero attached hydrogens (tertiary/aromatic N) is 5. The highest BCUT2D eigenvalue weighted by atomic mass is 16.2. The molecule has 4 rings (SSSR count). The lowest BCUT2D eigenvalue weighted by Gasteiger charge is -2.32. The van der Waals surface area contributed by atoms with E-state index in [0.29, 0.717) is 30.3 Å². The number of carbonyl (C=O) groups is 2. The summed E-state index contributed by atoms with van der Waals surface area (Å²) in [6.07, 6.45) is 6.03. The first-order chi connectivity index (χ1) is 14.4. The van der Waals surface area contributed by atoms with Gasteiger partial charge >= 0.3 is 0 Å². The maximum atomic E-state index is 13.1. The molecule has 1 aromatic carbocycles. The zero-order valence-corrected chi connectivity index (χ0v) is 17.7. The van der Waals surface area contributed by atoms with Crippen LogP contribution in [0.25, 0.3) is 10.8 Å². The van der Waals surface area contributed by atoms with Gasteiger partial charge in [-0.15, -0.1) is 0 Å². The van der Waals surface area contributed by atoms with Crippen LogP contribution in [0.2, 0.25) is 0 Å². The Morgan fingerprint density at radius 2 is 1.87 bits per heavy atom. The molecule has 1 aliphatic rings. The van der Waals surface area contributed by atoms with Gasteiger partial charge in [-0.3, -0.25) is 19.3 Å². The fourth-order valence-corrected chi connectivity index (χ4v) is 4.16. The lowest BCUT2D eigenvalue weighted by Crippen LogP contribution is -2.39. The Labute approximate surface area is 176 Å². The Balaban J connectivity index is 1.43. The third kappa shape index (κ3) is 3.92. The van der Waals surface area contributed by atoms with Crippen molar-refractivity contribution in [2.24, 2.45) is 13.0 Å². The van der Waals surface area contributed by atoms with Crippen LogP contribution in [0.5, 0.6) is 0 Å². The summed E-state index contributed by atoms with van der Waals surface area (Å²) in [6.45, 7) is 1.39. The molecule has 0 aliphatic carbocycles. The largest absolute Gasteiger partial charge is 0.345 e. The monoisotopic (exact) mass is 405 g/mol. The smallest absolute Gasteiger partial charge is 0.273 e. The first kappa shape index (κ1) is 20.1. The van der Waals surface area contributed by atoms with Crippen LogP contribution in [0.15, 0.2) is 42.7 Å². The number of aromatic nitrogens is 3. The summed E-state index contributed by atoms with van der Waals surface area (Å²) < 4.78 is 1.71. The Kier molecular flexibility index (Phi) is 5.53. The molecule has 0 radical (unpaired) electrons. The van der Waals surface area contributed by atoms with Crippen LogP contribution in [0.4, 0.5) is 0 Å². The standard InChI is InChI=1S/C23H27N5O2/c1-26(2)22(29)19-15-27(3)25-20(19)14-16-9-12-28(13-10-16)23(30)21-18-7-5-4-6-17(18)8-11-24-21/h4-8,11,15-16H,9-10,12-14H2,1-3H3. The number of rotatable bonds is 4. The second-order valence-corrected chi connectivity index (χ2v) is 8.18. The zero-order chi connectivity index (χ0) is 21.3. The molecule has 2 amide bonds. The Morgan fingerprint density at radius 1 is 1.13 bits per heavy atom. The summed E-state index contributed by atoms with van der Waals surface area (Å²) in [6, 6.07) is 9.78. The number of piperidine rings is 1. The van der Waals surface area contributed by atoms with Crippen molar-refractivity contribution in [1.82, 2.24) is 24.6 Å². The molecule has 1 aliphatic heterocycles. The molecule has 0 unspecified atom stereocenters. The molecule has 30 heavy (non-hydrogen) atoms. The van der Waals surface area contributed by atoms with Gasteiger partial charge in [0.1, 0.15) is 5.69 Å². The van der Waals surface area contributed by atoms with Gasteiger partial charge in [-0.25, -0.2) is 0 Å². The molecular weight excluding hydrogens is 378 g/mol. The quantitative estimate of drug-likeness (QED) is 0.669. The molecule has 0 saturated carbocycles. The molecular formula is C23H27N5O2. The van der Waals surface area contributed by atoms with E-state index in [4.69, 9.17) is 0 Å². The van der Waals surface area contributed by atoms with Crippen molar-refractivity contribution in [2.45, 2.75) is 19.3 Å². The SMILES string of the molecule is CN(C)C(=O)c1cn(C)nc1CC1CCN(C(=O)c2nccc3ccccc23)CC1. The highest BCUT2D eigenvalue weighted by molar-refractivity contribution is 6.05. The predicted molar refractivity (Wildman–Crippen MR) is 115 cm³/mol. The molecule has 3 aromatic rings. The van der Waals surface area contributed by atoms with Crippen molar-refractivity contribution in [1.29, 1.82) is 0 Å². The fraction of sp³-hybridized carbons (Fsp3) is 0.391.